The van der Waals surface area contributed by atoms with Crippen LogP contribution in [-0.4, -0.2) is 26.0 Å². The first kappa shape index (κ1) is 12.6. The van der Waals surface area contributed by atoms with Gasteiger partial charge in [-0.05, 0) is 12.8 Å². The average molecular weight is 248 g/mol. The van der Waals surface area contributed by atoms with Crippen LogP contribution in [0.15, 0.2) is 6.33 Å². The lowest BCUT2D eigenvalue weighted by Gasteiger charge is -2.23. The number of nitrogens with one attached hydrogen (secondary N) is 2. The SMILES string of the molecule is CCC(CC)C(C)Nc1nc(N)nc2nc[nH]c12. The lowest BCUT2D eigenvalue weighted by molar-refractivity contribution is 0.437. The van der Waals surface area contributed by atoms with E-state index in [9.17, 15) is 0 Å². The predicted molar refractivity (Wildman–Crippen MR) is 73.3 cm³/mol. The fourth-order valence-electron chi connectivity index (χ4n) is 2.28. The number of aromatic nitrogens is 4. The lowest BCUT2D eigenvalue weighted by Crippen LogP contribution is -2.26. The van der Waals surface area contributed by atoms with E-state index in [0.717, 1.165) is 24.2 Å². The van der Waals surface area contributed by atoms with Crippen molar-refractivity contribution in [1.29, 1.82) is 0 Å². The number of nitrogens with two attached hydrogens (primary N) is 1. The van der Waals surface area contributed by atoms with E-state index in [1.165, 1.54) is 0 Å². The number of fused-ring (bicyclic) bond motifs is 1. The average Bonchev–Trinajstić information content (AvgIpc) is 2.78. The molecule has 0 aliphatic rings. The smallest absolute Gasteiger partial charge is 0.224 e. The van der Waals surface area contributed by atoms with Crippen LogP contribution in [0.1, 0.15) is 33.6 Å². The normalized spacial score (nSPS) is 13.1. The molecule has 0 bridgehead atoms. The number of imidazole rings is 1. The minimum absolute atomic E-state index is 0.244. The van der Waals surface area contributed by atoms with Gasteiger partial charge in [-0.1, -0.05) is 26.7 Å². The molecule has 6 heteroatoms. The molecule has 98 valence electrons. The monoisotopic (exact) mass is 248 g/mol. The number of hydrogen-bond acceptors (Lipinski definition) is 5. The third-order valence-corrected chi connectivity index (χ3v) is 3.42. The van der Waals surface area contributed by atoms with Crippen LogP contribution in [0.25, 0.3) is 11.2 Å². The van der Waals surface area contributed by atoms with Crippen LogP contribution in [0.4, 0.5) is 11.8 Å². The van der Waals surface area contributed by atoms with Crippen molar-refractivity contribution in [1.82, 2.24) is 19.9 Å². The molecule has 0 radical (unpaired) electrons. The summed E-state index contributed by atoms with van der Waals surface area (Å²) in [6.07, 6.45) is 3.88. The molecule has 0 saturated carbocycles. The van der Waals surface area contributed by atoms with Crippen molar-refractivity contribution < 1.29 is 0 Å². The molecule has 0 amide bonds. The van der Waals surface area contributed by atoms with Crippen molar-refractivity contribution in [2.45, 2.75) is 39.7 Å². The van der Waals surface area contributed by atoms with Crippen molar-refractivity contribution in [3.05, 3.63) is 6.33 Å². The Morgan fingerprint density at radius 1 is 1.33 bits per heavy atom. The maximum absolute atomic E-state index is 5.68. The second-order valence-electron chi connectivity index (χ2n) is 4.54. The summed E-state index contributed by atoms with van der Waals surface area (Å²) in [5.41, 5.74) is 7.09. The van der Waals surface area contributed by atoms with Gasteiger partial charge in [0.25, 0.3) is 0 Å². The molecule has 2 aromatic heterocycles. The lowest BCUT2D eigenvalue weighted by atomic mass is 9.95. The predicted octanol–water partition coefficient (Wildman–Crippen LogP) is 2.17. The molecular formula is C12H20N6. The molecule has 4 N–H and O–H groups in total. The van der Waals surface area contributed by atoms with Gasteiger partial charge in [0.05, 0.1) is 6.33 Å². The van der Waals surface area contributed by atoms with Gasteiger partial charge in [-0.3, -0.25) is 0 Å². The van der Waals surface area contributed by atoms with Gasteiger partial charge in [-0.25, -0.2) is 4.98 Å². The third-order valence-electron chi connectivity index (χ3n) is 3.42. The van der Waals surface area contributed by atoms with Gasteiger partial charge in [-0.2, -0.15) is 9.97 Å². The number of rotatable bonds is 5. The summed E-state index contributed by atoms with van der Waals surface area (Å²) in [7, 11) is 0. The standard InChI is InChI=1S/C12H20N6/c1-4-8(5-2)7(3)16-11-9-10(15-6-14-9)17-12(13)18-11/h6-8H,4-5H2,1-3H3,(H4,13,14,15,16,17,18). The van der Waals surface area contributed by atoms with E-state index in [-0.39, 0.29) is 5.95 Å². The Morgan fingerprint density at radius 3 is 2.72 bits per heavy atom. The van der Waals surface area contributed by atoms with Gasteiger partial charge in [-0.15, -0.1) is 0 Å². The highest BCUT2D eigenvalue weighted by Crippen LogP contribution is 2.22. The van der Waals surface area contributed by atoms with Gasteiger partial charge >= 0.3 is 0 Å². The molecule has 0 spiro atoms. The van der Waals surface area contributed by atoms with Gasteiger partial charge in [0.15, 0.2) is 11.5 Å². The highest BCUT2D eigenvalue weighted by molar-refractivity contribution is 5.83. The molecule has 2 rings (SSSR count). The van der Waals surface area contributed by atoms with Crippen molar-refractivity contribution in [3.63, 3.8) is 0 Å². The summed E-state index contributed by atoms with van der Waals surface area (Å²) >= 11 is 0. The molecule has 0 fully saturated rings. The van der Waals surface area contributed by atoms with Crippen LogP contribution in [0, 0.1) is 5.92 Å². The first-order valence-electron chi connectivity index (χ1n) is 6.38. The molecule has 1 unspecified atom stereocenters. The van der Waals surface area contributed by atoms with Crippen molar-refractivity contribution in [2.24, 2.45) is 5.92 Å². The molecule has 0 aliphatic carbocycles. The molecule has 0 aliphatic heterocycles. The first-order chi connectivity index (χ1) is 8.65. The fourth-order valence-corrected chi connectivity index (χ4v) is 2.28. The molecule has 1 atom stereocenters. The summed E-state index contributed by atoms with van der Waals surface area (Å²) in [5.74, 6) is 1.59. The molecule has 0 saturated heterocycles. The number of nitrogen functional groups attached to an aromatic ring is 1. The molecule has 2 heterocycles. The van der Waals surface area contributed by atoms with Crippen molar-refractivity contribution in [3.8, 4) is 0 Å². The minimum Gasteiger partial charge on any atom is -0.368 e. The number of H-pyrrole nitrogens is 1. The number of nitrogens with zero attached hydrogens (tertiary/aromatic N) is 3. The first-order valence-corrected chi connectivity index (χ1v) is 6.38. The van der Waals surface area contributed by atoms with Gasteiger partial charge in [0.2, 0.25) is 5.95 Å². The van der Waals surface area contributed by atoms with E-state index >= 15 is 0 Å². The third kappa shape index (κ3) is 2.37. The van der Waals surface area contributed by atoms with Crippen molar-refractivity contribution >= 4 is 22.9 Å². The number of anilines is 2. The van der Waals surface area contributed by atoms with Crippen LogP contribution in [-0.2, 0) is 0 Å². The molecule has 6 nitrogen and oxygen atoms in total. The Labute approximate surface area is 106 Å². The zero-order valence-electron chi connectivity index (χ0n) is 11.1. The number of aromatic amines is 1. The Hall–Kier alpha value is -1.85. The highest BCUT2D eigenvalue weighted by atomic mass is 15.1. The maximum Gasteiger partial charge on any atom is 0.224 e. The Morgan fingerprint density at radius 2 is 2.06 bits per heavy atom. The second kappa shape index (κ2) is 5.20. The van der Waals surface area contributed by atoms with Crippen LogP contribution >= 0.6 is 0 Å². The zero-order chi connectivity index (χ0) is 13.1. The zero-order valence-corrected chi connectivity index (χ0v) is 11.1. The maximum atomic E-state index is 5.68. The van der Waals surface area contributed by atoms with E-state index < -0.39 is 0 Å². The van der Waals surface area contributed by atoms with Crippen LogP contribution < -0.4 is 11.1 Å². The molecular weight excluding hydrogens is 228 g/mol. The van der Waals surface area contributed by atoms with E-state index in [1.54, 1.807) is 6.33 Å². The summed E-state index contributed by atoms with van der Waals surface area (Å²) in [4.78, 5) is 15.5. The summed E-state index contributed by atoms with van der Waals surface area (Å²) in [6, 6.07) is 0.334. The quantitative estimate of drug-likeness (QED) is 0.754. The largest absolute Gasteiger partial charge is 0.368 e. The van der Waals surface area contributed by atoms with Crippen LogP contribution in [0.2, 0.25) is 0 Å². The second-order valence-corrected chi connectivity index (χ2v) is 4.54. The summed E-state index contributed by atoms with van der Waals surface area (Å²) < 4.78 is 0. The summed E-state index contributed by atoms with van der Waals surface area (Å²) in [5, 5.41) is 3.41. The summed E-state index contributed by atoms with van der Waals surface area (Å²) in [6.45, 7) is 6.57. The Kier molecular flexibility index (Phi) is 3.64. The van der Waals surface area contributed by atoms with Crippen LogP contribution in [0.5, 0.6) is 0 Å². The van der Waals surface area contributed by atoms with E-state index in [4.69, 9.17) is 5.73 Å². The Balaban J connectivity index is 2.28. The van der Waals surface area contributed by atoms with Crippen molar-refractivity contribution in [2.75, 3.05) is 11.1 Å². The van der Waals surface area contributed by atoms with Gasteiger partial charge < -0.3 is 16.0 Å². The van der Waals surface area contributed by atoms with E-state index in [0.29, 0.717) is 17.6 Å². The molecule has 2 aromatic rings. The van der Waals surface area contributed by atoms with Gasteiger partial charge in [0.1, 0.15) is 5.52 Å². The Bertz CT molecular complexity index is 516. The van der Waals surface area contributed by atoms with Crippen LogP contribution in [0.3, 0.4) is 0 Å². The minimum atomic E-state index is 0.244. The number of hydrogen-bond donors (Lipinski definition) is 3. The molecule has 0 aromatic carbocycles. The fraction of sp³-hybridized carbons (Fsp3) is 0.583. The topological polar surface area (TPSA) is 92.5 Å². The van der Waals surface area contributed by atoms with E-state index in [1.807, 2.05) is 0 Å². The van der Waals surface area contributed by atoms with Gasteiger partial charge in [0, 0.05) is 6.04 Å². The molecule has 18 heavy (non-hydrogen) atoms. The van der Waals surface area contributed by atoms with E-state index in [2.05, 4.69) is 46.0 Å². The highest BCUT2D eigenvalue weighted by Gasteiger charge is 2.16.